The number of ether oxygens (including phenoxy) is 5. The zero-order valence-electron chi connectivity index (χ0n) is 37.3. The van der Waals surface area contributed by atoms with E-state index in [9.17, 15) is 24.3 Å². The summed E-state index contributed by atoms with van der Waals surface area (Å²) in [5, 5.41) is 15.7. The Morgan fingerprint density at radius 3 is 2.37 bits per heavy atom. The number of hydrogen-bond acceptors (Lipinski definition) is 10. The molecule has 12 nitrogen and oxygen atoms in total. The molecule has 1 saturated carbocycles. The molecular formula is C50H68N2O10. The van der Waals surface area contributed by atoms with Gasteiger partial charge in [0.2, 0.25) is 5.91 Å². The minimum atomic E-state index is -0.839. The first-order valence-corrected chi connectivity index (χ1v) is 23.0. The van der Waals surface area contributed by atoms with Crippen LogP contribution in [0.2, 0.25) is 0 Å². The van der Waals surface area contributed by atoms with Crippen molar-refractivity contribution >= 4 is 29.8 Å². The van der Waals surface area contributed by atoms with Gasteiger partial charge in [-0.3, -0.25) is 14.4 Å². The van der Waals surface area contributed by atoms with Gasteiger partial charge < -0.3 is 39.4 Å². The number of aliphatic hydroxyl groups excluding tert-OH is 1. The lowest BCUT2D eigenvalue weighted by atomic mass is 9.88. The molecule has 0 radical (unpaired) electrons. The van der Waals surface area contributed by atoms with Crippen molar-refractivity contribution in [1.82, 2.24) is 10.6 Å². The van der Waals surface area contributed by atoms with Crippen LogP contribution in [0.5, 0.6) is 0 Å². The molecule has 12 heteroatoms. The van der Waals surface area contributed by atoms with Crippen LogP contribution in [0.15, 0.2) is 66.3 Å². The zero-order valence-corrected chi connectivity index (χ0v) is 37.3. The molecule has 2 heterocycles. The normalized spacial score (nSPS) is 24.3. The Morgan fingerprint density at radius 1 is 0.919 bits per heavy atom. The molecule has 62 heavy (non-hydrogen) atoms. The second-order valence-electron chi connectivity index (χ2n) is 18.5. The van der Waals surface area contributed by atoms with Gasteiger partial charge >= 0.3 is 11.9 Å². The third-order valence-electron chi connectivity index (χ3n) is 12.1. The van der Waals surface area contributed by atoms with Crippen LogP contribution >= 0.6 is 0 Å². The topological polar surface area (TPSA) is 162 Å². The smallest absolute Gasteiger partial charge is 0.338 e. The summed E-state index contributed by atoms with van der Waals surface area (Å²) in [7, 11) is 0. The van der Waals surface area contributed by atoms with Gasteiger partial charge in [-0.15, -0.1) is 0 Å². The second kappa shape index (κ2) is 21.8. The Kier molecular flexibility index (Phi) is 16.6. The van der Waals surface area contributed by atoms with E-state index >= 15 is 0 Å². The lowest BCUT2D eigenvalue weighted by Crippen LogP contribution is -2.43. The largest absolute Gasteiger partial charge is 0.460 e. The average molecular weight is 857 g/mol. The number of allylic oxidation sites excluding steroid dienone is 1. The number of epoxide rings is 1. The van der Waals surface area contributed by atoms with E-state index in [-0.39, 0.29) is 38.3 Å². The molecule has 0 aromatic heterocycles. The average Bonchev–Trinajstić information content (AvgIpc) is 3.94. The Labute approximate surface area is 367 Å². The summed E-state index contributed by atoms with van der Waals surface area (Å²) >= 11 is 0. The monoisotopic (exact) mass is 856 g/mol. The number of nitrogens with one attached hydrogen (secondary N) is 2. The molecule has 2 saturated heterocycles. The molecule has 4 aliphatic rings. The standard InChI is InChI=1S/C50H68N2O10/c1-6-8-10-24-50(25-11-9-7-2)60-43-30-38(46(55)51-31-35-15-13-16-36(27-35)47(56)52-39(32-53)21-23-44(54)61-49(3,4)5)29-42(45(43)62-50)59-48(57)37-17-12-14-33(26-37)18-19-34-20-22-40-41(28-34)58-40/h12-19,26-27,30,34,39-43,45,53H,6-11,20-25,28-29,31-32H2,1-5H3,(H,51,55)(H,52,56)/t34?,39-,40?,41?,42+,43+,45-/m0/s1. The Balaban J connectivity index is 1.13. The molecule has 3 unspecified atom stereocenters. The van der Waals surface area contributed by atoms with Gasteiger partial charge in [0.05, 0.1) is 30.4 Å². The van der Waals surface area contributed by atoms with E-state index in [0.717, 1.165) is 63.4 Å². The Morgan fingerprint density at radius 2 is 1.66 bits per heavy atom. The van der Waals surface area contributed by atoms with Gasteiger partial charge in [0.15, 0.2) is 5.79 Å². The van der Waals surface area contributed by atoms with Crippen molar-refractivity contribution in [2.24, 2.45) is 5.92 Å². The van der Waals surface area contributed by atoms with E-state index in [0.29, 0.717) is 53.2 Å². The Bertz CT molecular complexity index is 1910. The number of fused-ring (bicyclic) bond motifs is 2. The summed E-state index contributed by atoms with van der Waals surface area (Å²) < 4.78 is 31.0. The maximum Gasteiger partial charge on any atom is 0.338 e. The molecular weight excluding hydrogens is 789 g/mol. The number of benzene rings is 2. The summed E-state index contributed by atoms with van der Waals surface area (Å²) in [6, 6.07) is 13.6. The zero-order chi connectivity index (χ0) is 44.3. The number of hydrogen-bond donors (Lipinski definition) is 3. The van der Waals surface area contributed by atoms with Crippen LogP contribution in [0, 0.1) is 5.92 Å². The highest BCUT2D eigenvalue weighted by Crippen LogP contribution is 2.43. The van der Waals surface area contributed by atoms with Crippen LogP contribution in [0.25, 0.3) is 6.08 Å². The van der Waals surface area contributed by atoms with Gasteiger partial charge in [-0.2, -0.15) is 0 Å². The molecule has 6 rings (SSSR count). The highest BCUT2D eigenvalue weighted by atomic mass is 16.8. The van der Waals surface area contributed by atoms with Crippen molar-refractivity contribution in [2.45, 2.75) is 179 Å². The lowest BCUT2D eigenvalue weighted by molar-refractivity contribution is -0.190. The fourth-order valence-corrected chi connectivity index (χ4v) is 8.71. The summed E-state index contributed by atoms with van der Waals surface area (Å²) in [4.78, 5) is 53.3. The molecule has 2 aromatic carbocycles. The predicted molar refractivity (Wildman–Crippen MR) is 236 cm³/mol. The minimum Gasteiger partial charge on any atom is -0.460 e. The maximum absolute atomic E-state index is 14.0. The fraction of sp³-hybridized carbons (Fsp3) is 0.600. The molecule has 2 aromatic rings. The van der Waals surface area contributed by atoms with Crippen molar-refractivity contribution in [3.8, 4) is 0 Å². The van der Waals surface area contributed by atoms with Crippen molar-refractivity contribution < 1.29 is 48.0 Å². The lowest BCUT2D eigenvalue weighted by Gasteiger charge is -2.31. The third-order valence-corrected chi connectivity index (χ3v) is 12.1. The van der Waals surface area contributed by atoms with Crippen molar-refractivity contribution in [2.75, 3.05) is 6.61 Å². The van der Waals surface area contributed by atoms with E-state index in [1.165, 1.54) is 0 Å². The van der Waals surface area contributed by atoms with Gasteiger partial charge in [-0.25, -0.2) is 4.79 Å². The number of esters is 2. The summed E-state index contributed by atoms with van der Waals surface area (Å²) in [6.07, 6.45) is 16.1. The first-order valence-electron chi connectivity index (χ1n) is 23.0. The molecule has 3 fully saturated rings. The first kappa shape index (κ1) is 47.1. The SMILES string of the molecule is CCCCCC1(CCCCC)O[C@@H]2[C@@H](C=C(C(=O)NCc3cccc(C(=O)N[C@H](CO)CCC(=O)OC(C)(C)C)c3)C[C@H]2OC(=O)c2cccc(C=CC3CCC4OC4C3)c2)O1. The highest BCUT2D eigenvalue weighted by molar-refractivity contribution is 5.95. The molecule has 7 atom stereocenters. The molecule has 3 N–H and O–H groups in total. The molecule has 2 aliphatic heterocycles. The van der Waals surface area contributed by atoms with Gasteiger partial charge in [-0.05, 0) is 107 Å². The molecule has 0 spiro atoms. The first-order chi connectivity index (χ1) is 29.8. The van der Waals surface area contributed by atoms with Gasteiger partial charge in [0.1, 0.15) is 23.9 Å². The Hall–Kier alpha value is -4.36. The molecule has 2 amide bonds. The van der Waals surface area contributed by atoms with Gasteiger partial charge in [-0.1, -0.05) is 75.9 Å². The minimum absolute atomic E-state index is 0.0463. The molecule has 2 aliphatic carbocycles. The number of unbranched alkanes of at least 4 members (excludes halogenated alkanes) is 4. The number of amides is 2. The van der Waals surface area contributed by atoms with E-state index in [1.807, 2.05) is 30.3 Å². The van der Waals surface area contributed by atoms with E-state index in [1.54, 1.807) is 45.0 Å². The van der Waals surface area contributed by atoms with E-state index in [4.69, 9.17) is 23.7 Å². The summed E-state index contributed by atoms with van der Waals surface area (Å²) in [5.41, 5.74) is 2.17. The fourth-order valence-electron chi connectivity index (χ4n) is 8.71. The molecule has 338 valence electrons. The molecule has 0 bridgehead atoms. The maximum atomic E-state index is 14.0. The van der Waals surface area contributed by atoms with Crippen molar-refractivity contribution in [3.05, 3.63) is 88.5 Å². The number of rotatable bonds is 21. The summed E-state index contributed by atoms with van der Waals surface area (Å²) in [6.45, 7) is 9.46. The summed E-state index contributed by atoms with van der Waals surface area (Å²) in [5.74, 6) is -2.03. The van der Waals surface area contributed by atoms with E-state index in [2.05, 4.69) is 36.6 Å². The van der Waals surface area contributed by atoms with E-state index < -0.39 is 53.6 Å². The predicted octanol–water partition coefficient (Wildman–Crippen LogP) is 8.29. The highest BCUT2D eigenvalue weighted by Gasteiger charge is 2.52. The van der Waals surface area contributed by atoms with Gasteiger partial charge in [0, 0.05) is 43.4 Å². The quantitative estimate of drug-likeness (QED) is 0.0633. The van der Waals surface area contributed by atoms with Gasteiger partial charge in [0.25, 0.3) is 5.91 Å². The third kappa shape index (κ3) is 13.6. The van der Waals surface area contributed by atoms with Crippen molar-refractivity contribution in [1.29, 1.82) is 0 Å². The van der Waals surface area contributed by atoms with Crippen LogP contribution in [-0.4, -0.2) is 83.4 Å². The van der Waals surface area contributed by atoms with Crippen molar-refractivity contribution in [3.63, 3.8) is 0 Å². The van der Waals surface area contributed by atoms with Crippen LogP contribution in [0.4, 0.5) is 0 Å². The number of aliphatic hydroxyl groups is 1. The number of carbonyl (C=O) groups is 4. The van der Waals surface area contributed by atoms with Crippen LogP contribution in [0.1, 0.15) is 156 Å². The number of carbonyl (C=O) groups excluding carboxylic acids is 4. The van der Waals surface area contributed by atoms with Crippen LogP contribution in [-0.2, 0) is 39.8 Å². The van der Waals surface area contributed by atoms with Crippen LogP contribution in [0.3, 0.4) is 0 Å². The second-order valence-corrected chi connectivity index (χ2v) is 18.5. The van der Waals surface area contributed by atoms with Crippen LogP contribution < -0.4 is 10.6 Å².